The Balaban J connectivity index is 1.15. The van der Waals surface area contributed by atoms with Gasteiger partial charge in [0.15, 0.2) is 5.82 Å². The van der Waals surface area contributed by atoms with Gasteiger partial charge in [-0.25, -0.2) is 0 Å². The van der Waals surface area contributed by atoms with Gasteiger partial charge in [-0.1, -0.05) is 11.6 Å². The number of carbonyl (C=O) groups excluding carboxylic acids is 1. The first kappa shape index (κ1) is 15.1. The Morgan fingerprint density at radius 1 is 1.17 bits per heavy atom. The lowest BCUT2D eigenvalue weighted by atomic mass is 9.84. The van der Waals surface area contributed by atoms with Crippen LogP contribution in [0.3, 0.4) is 0 Å². The highest BCUT2D eigenvalue weighted by atomic mass is 16.5. The molecule has 1 amide bonds. The lowest BCUT2D eigenvalue weighted by Crippen LogP contribution is -2.48. The molecule has 4 rings (SSSR count). The molecule has 2 heterocycles. The molecule has 3 aliphatic rings. The molecule has 1 aromatic rings. The molecule has 0 unspecified atom stereocenters. The summed E-state index contributed by atoms with van der Waals surface area (Å²) in [4.78, 5) is 18.8. The van der Waals surface area contributed by atoms with E-state index in [1.807, 2.05) is 0 Å². The third-order valence-electron chi connectivity index (χ3n) is 5.46. The normalized spacial score (nSPS) is 23.0. The molecule has 1 N–H and O–H groups in total. The predicted molar refractivity (Wildman–Crippen MR) is 84.9 cm³/mol. The molecule has 3 fully saturated rings. The van der Waals surface area contributed by atoms with Gasteiger partial charge in [0.1, 0.15) is 0 Å². The second-order valence-corrected chi connectivity index (χ2v) is 7.25. The van der Waals surface area contributed by atoms with E-state index >= 15 is 0 Å². The second kappa shape index (κ2) is 6.59. The van der Waals surface area contributed by atoms with Crippen LogP contribution in [-0.4, -0.2) is 46.6 Å². The molecule has 23 heavy (non-hydrogen) atoms. The van der Waals surface area contributed by atoms with E-state index in [0.717, 1.165) is 63.5 Å². The minimum absolute atomic E-state index is 0.331. The van der Waals surface area contributed by atoms with E-state index in [1.54, 1.807) is 0 Å². The predicted octanol–water partition coefficient (Wildman–Crippen LogP) is 1.87. The summed E-state index contributed by atoms with van der Waals surface area (Å²) in [5, 5.41) is 7.62. The summed E-state index contributed by atoms with van der Waals surface area (Å²) >= 11 is 0. The number of rotatable bonds is 6. The van der Waals surface area contributed by atoms with Gasteiger partial charge in [-0.2, -0.15) is 4.98 Å². The fraction of sp³-hybridized carbons (Fsp3) is 0.824. The van der Waals surface area contributed by atoms with Gasteiger partial charge >= 0.3 is 0 Å². The van der Waals surface area contributed by atoms with Crippen molar-refractivity contribution in [3.05, 3.63) is 11.7 Å². The van der Waals surface area contributed by atoms with Crippen molar-refractivity contribution in [3.8, 4) is 0 Å². The molecule has 0 aromatic carbocycles. The number of nitrogens with zero attached hydrogens (tertiary/aromatic N) is 3. The van der Waals surface area contributed by atoms with Gasteiger partial charge < -0.3 is 14.7 Å². The highest BCUT2D eigenvalue weighted by Crippen LogP contribution is 2.38. The zero-order chi connectivity index (χ0) is 15.6. The number of likely N-dealkylation sites (tertiary alicyclic amines) is 1. The quantitative estimate of drug-likeness (QED) is 0.867. The zero-order valence-electron chi connectivity index (χ0n) is 13.7. The van der Waals surface area contributed by atoms with Crippen LogP contribution >= 0.6 is 0 Å². The molecule has 0 spiro atoms. The summed E-state index contributed by atoms with van der Waals surface area (Å²) in [6.07, 6.45) is 8.73. The first-order valence-electron chi connectivity index (χ1n) is 9.14. The van der Waals surface area contributed by atoms with Gasteiger partial charge in [0.05, 0.1) is 0 Å². The zero-order valence-corrected chi connectivity index (χ0v) is 13.7. The molecule has 126 valence electrons. The van der Waals surface area contributed by atoms with Gasteiger partial charge in [-0.05, 0) is 38.5 Å². The standard InChI is InChI=1S/C17H26N4O2/c22-17(13-2-1-3-13)21-10-7-14(8-11-21)18-9-6-15-19-16(20-23-15)12-4-5-12/h12-14,18H,1-11H2. The summed E-state index contributed by atoms with van der Waals surface area (Å²) in [5.41, 5.74) is 0. The number of hydrogen-bond acceptors (Lipinski definition) is 5. The Bertz CT molecular complexity index is 543. The third kappa shape index (κ3) is 3.57. The molecule has 6 nitrogen and oxygen atoms in total. The molecule has 6 heteroatoms. The fourth-order valence-corrected chi connectivity index (χ4v) is 3.48. The first-order valence-corrected chi connectivity index (χ1v) is 9.14. The van der Waals surface area contributed by atoms with E-state index in [0.29, 0.717) is 23.8 Å². The van der Waals surface area contributed by atoms with Crippen molar-refractivity contribution < 1.29 is 9.32 Å². The van der Waals surface area contributed by atoms with Crippen molar-refractivity contribution >= 4 is 5.91 Å². The lowest BCUT2D eigenvalue weighted by Gasteiger charge is -2.36. The van der Waals surface area contributed by atoms with E-state index < -0.39 is 0 Å². The smallest absolute Gasteiger partial charge is 0.227 e. The molecule has 2 saturated carbocycles. The molecule has 1 saturated heterocycles. The van der Waals surface area contributed by atoms with Crippen molar-refractivity contribution in [3.63, 3.8) is 0 Å². The van der Waals surface area contributed by atoms with Crippen LogP contribution < -0.4 is 5.32 Å². The number of piperidine rings is 1. The van der Waals surface area contributed by atoms with Crippen molar-refractivity contribution in [2.45, 2.75) is 63.3 Å². The molecule has 0 radical (unpaired) electrons. The number of aromatic nitrogens is 2. The molecule has 0 bridgehead atoms. The lowest BCUT2D eigenvalue weighted by molar-refractivity contribution is -0.139. The van der Waals surface area contributed by atoms with E-state index in [2.05, 4.69) is 20.4 Å². The average molecular weight is 318 g/mol. The highest BCUT2D eigenvalue weighted by Gasteiger charge is 2.31. The number of hydrogen-bond donors (Lipinski definition) is 1. The summed E-state index contributed by atoms with van der Waals surface area (Å²) in [6, 6.07) is 0.506. The van der Waals surface area contributed by atoms with E-state index in [9.17, 15) is 4.79 Å². The van der Waals surface area contributed by atoms with Crippen LogP contribution in [0, 0.1) is 5.92 Å². The highest BCUT2D eigenvalue weighted by molar-refractivity contribution is 5.79. The summed E-state index contributed by atoms with van der Waals surface area (Å²) in [7, 11) is 0. The topological polar surface area (TPSA) is 71.3 Å². The van der Waals surface area contributed by atoms with E-state index in [1.165, 1.54) is 19.3 Å². The van der Waals surface area contributed by atoms with Crippen molar-refractivity contribution in [2.75, 3.05) is 19.6 Å². The molecular formula is C17H26N4O2. The molecular weight excluding hydrogens is 292 g/mol. The third-order valence-corrected chi connectivity index (χ3v) is 5.46. The maximum Gasteiger partial charge on any atom is 0.227 e. The Morgan fingerprint density at radius 2 is 1.96 bits per heavy atom. The van der Waals surface area contributed by atoms with Gasteiger partial charge in [0, 0.05) is 43.9 Å². The van der Waals surface area contributed by atoms with Crippen LogP contribution in [0.2, 0.25) is 0 Å². The summed E-state index contributed by atoms with van der Waals surface area (Å²) < 4.78 is 5.29. The van der Waals surface area contributed by atoms with Gasteiger partial charge in [0.2, 0.25) is 11.8 Å². The Labute approximate surface area is 137 Å². The van der Waals surface area contributed by atoms with Crippen molar-refractivity contribution in [2.24, 2.45) is 5.92 Å². The number of amides is 1. The van der Waals surface area contributed by atoms with Crippen LogP contribution in [0.4, 0.5) is 0 Å². The van der Waals surface area contributed by atoms with Crippen LogP contribution in [0.25, 0.3) is 0 Å². The summed E-state index contributed by atoms with van der Waals surface area (Å²) in [5.74, 6) is 2.92. The van der Waals surface area contributed by atoms with Crippen molar-refractivity contribution in [1.29, 1.82) is 0 Å². The first-order chi connectivity index (χ1) is 11.3. The van der Waals surface area contributed by atoms with Gasteiger partial charge in [-0.3, -0.25) is 4.79 Å². The monoisotopic (exact) mass is 318 g/mol. The molecule has 2 aliphatic carbocycles. The minimum Gasteiger partial charge on any atom is -0.342 e. The number of carbonyl (C=O) groups is 1. The maximum absolute atomic E-state index is 12.2. The van der Waals surface area contributed by atoms with Crippen LogP contribution in [0.5, 0.6) is 0 Å². The minimum atomic E-state index is 0.331. The maximum atomic E-state index is 12.2. The van der Waals surface area contributed by atoms with Gasteiger partial charge in [-0.15, -0.1) is 0 Å². The molecule has 1 aromatic heterocycles. The molecule has 1 aliphatic heterocycles. The van der Waals surface area contributed by atoms with E-state index in [4.69, 9.17) is 4.52 Å². The van der Waals surface area contributed by atoms with Crippen LogP contribution in [0.15, 0.2) is 4.52 Å². The van der Waals surface area contributed by atoms with Crippen LogP contribution in [0.1, 0.15) is 62.6 Å². The Kier molecular flexibility index (Phi) is 4.33. The Hall–Kier alpha value is -1.43. The fourth-order valence-electron chi connectivity index (χ4n) is 3.48. The van der Waals surface area contributed by atoms with Crippen molar-refractivity contribution in [1.82, 2.24) is 20.4 Å². The number of nitrogens with one attached hydrogen (secondary N) is 1. The SMILES string of the molecule is O=C(C1CCC1)N1CCC(NCCc2nc(C3CC3)no2)CC1. The largest absolute Gasteiger partial charge is 0.342 e. The van der Waals surface area contributed by atoms with Gasteiger partial charge in [0.25, 0.3) is 0 Å². The average Bonchev–Trinajstić information content (AvgIpc) is 3.26. The molecule has 0 atom stereocenters. The summed E-state index contributed by atoms with van der Waals surface area (Å²) in [6.45, 7) is 2.67. The second-order valence-electron chi connectivity index (χ2n) is 7.25. The van der Waals surface area contributed by atoms with E-state index in [-0.39, 0.29) is 0 Å². The van der Waals surface area contributed by atoms with Crippen LogP contribution in [-0.2, 0) is 11.2 Å². The Morgan fingerprint density at radius 3 is 2.61 bits per heavy atom.